The van der Waals surface area contributed by atoms with Gasteiger partial charge in [0.15, 0.2) is 5.82 Å². The molecular formula is C42H47FN6O2. The van der Waals surface area contributed by atoms with Gasteiger partial charge in [0, 0.05) is 48.2 Å². The Kier molecular flexibility index (Phi) is 7.15. The minimum atomic E-state index is -0.352. The van der Waals surface area contributed by atoms with E-state index >= 15 is 4.39 Å². The molecule has 9 heteroatoms. The second-order valence-corrected chi connectivity index (χ2v) is 16.6. The Balaban J connectivity index is 1.24. The van der Waals surface area contributed by atoms with Crippen molar-refractivity contribution in [3.8, 4) is 23.1 Å². The van der Waals surface area contributed by atoms with Crippen LogP contribution in [0.15, 0.2) is 30.3 Å². The van der Waals surface area contributed by atoms with E-state index in [0.717, 1.165) is 109 Å². The van der Waals surface area contributed by atoms with Crippen LogP contribution in [0.3, 0.4) is 0 Å². The number of halogens is 1. The smallest absolute Gasteiger partial charge is 0.223 e. The van der Waals surface area contributed by atoms with Crippen LogP contribution >= 0.6 is 0 Å². The molecule has 8 nitrogen and oxygen atoms in total. The predicted octanol–water partition coefficient (Wildman–Crippen LogP) is 7.32. The van der Waals surface area contributed by atoms with Gasteiger partial charge in [0.25, 0.3) is 0 Å². The number of rotatable bonds is 6. The Bertz CT molecular complexity index is 2160. The fourth-order valence-corrected chi connectivity index (χ4v) is 11.2. The van der Waals surface area contributed by atoms with Crippen molar-refractivity contribution in [3.05, 3.63) is 58.5 Å². The maximum atomic E-state index is 17.7. The molecule has 0 radical (unpaired) electrons. The summed E-state index contributed by atoms with van der Waals surface area (Å²) in [6.45, 7) is 7.83. The summed E-state index contributed by atoms with van der Waals surface area (Å²) in [7, 11) is 2.15. The number of carbonyl (C=O) groups is 1. The number of likely N-dealkylation sites (tertiary alicyclic amines) is 2. The SMILES string of the molecule is CC(=O)N1C(c2cc3c(OC(C)C4CCCN4C)nc4c(F)c(-c5cccc6c5C(C#N)CCC6)c(C)cc4c3n2C2C3CNC2C3)CC2CC21. The maximum Gasteiger partial charge on any atom is 0.223 e. The summed E-state index contributed by atoms with van der Waals surface area (Å²) in [6, 6.07) is 14.1. The van der Waals surface area contributed by atoms with E-state index in [2.05, 4.69) is 57.9 Å². The summed E-state index contributed by atoms with van der Waals surface area (Å²) < 4.78 is 27.1. The molecule has 9 atom stereocenters. The zero-order valence-corrected chi connectivity index (χ0v) is 30.1. The Morgan fingerprint density at radius 1 is 1.14 bits per heavy atom. The van der Waals surface area contributed by atoms with Crippen LogP contribution in [0.5, 0.6) is 5.88 Å². The standard InChI is InChI=1S/C42H47FN6O2/c1-21-14-29-39(38(43)36(21)28-11-6-9-24-8-5-10-25(19-44)37(24)28)46-42(51-22(2)32-12-7-13-47(32)4)30-18-35(34-17-26-16-33(26)48(34)23(3)50)49(41(29)30)40-27-15-31(40)45-20-27/h6,9,11,14,18,22,25-27,31-34,40,45H,5,7-8,10,12-13,15-17,20H2,1-4H3. The van der Waals surface area contributed by atoms with Crippen LogP contribution < -0.4 is 10.1 Å². The van der Waals surface area contributed by atoms with Crippen LogP contribution in [-0.2, 0) is 11.2 Å². The molecule has 2 saturated carbocycles. The average molecular weight is 687 g/mol. The normalized spacial score (nSPS) is 31.4. The van der Waals surface area contributed by atoms with E-state index in [-0.39, 0.29) is 41.9 Å². The fraction of sp³-hybridized carbons (Fsp3) is 0.548. The van der Waals surface area contributed by atoms with Gasteiger partial charge in [-0.2, -0.15) is 5.26 Å². The van der Waals surface area contributed by atoms with Crippen molar-refractivity contribution in [2.75, 3.05) is 20.1 Å². The first-order chi connectivity index (χ1) is 24.7. The zero-order valence-electron chi connectivity index (χ0n) is 30.1. The van der Waals surface area contributed by atoms with Crippen molar-refractivity contribution < 1.29 is 13.9 Å². The van der Waals surface area contributed by atoms with E-state index in [0.29, 0.717) is 40.9 Å². The number of nitriles is 1. The molecule has 4 aromatic rings. The van der Waals surface area contributed by atoms with E-state index in [1.807, 2.05) is 19.1 Å². The van der Waals surface area contributed by atoms with Crippen molar-refractivity contribution in [1.82, 2.24) is 24.7 Å². The molecule has 2 aromatic heterocycles. The lowest BCUT2D eigenvalue weighted by molar-refractivity contribution is -0.131. The number of aromatic nitrogens is 2. The summed E-state index contributed by atoms with van der Waals surface area (Å²) in [4.78, 5) is 22.8. The molecule has 2 aromatic carbocycles. The molecule has 264 valence electrons. The van der Waals surface area contributed by atoms with Gasteiger partial charge in [-0.3, -0.25) is 9.69 Å². The maximum absolute atomic E-state index is 17.7. The molecule has 6 heterocycles. The number of ether oxygens (including phenoxy) is 1. The van der Waals surface area contributed by atoms with Crippen LogP contribution in [0.2, 0.25) is 0 Å². The minimum absolute atomic E-state index is 0.0242. The molecular weight excluding hydrogens is 640 g/mol. The Morgan fingerprint density at radius 3 is 2.73 bits per heavy atom. The highest BCUT2D eigenvalue weighted by Crippen LogP contribution is 2.57. The Morgan fingerprint density at radius 2 is 2.00 bits per heavy atom. The van der Waals surface area contributed by atoms with E-state index in [1.54, 1.807) is 6.92 Å². The molecule has 4 aliphatic heterocycles. The molecule has 11 rings (SSSR count). The van der Waals surface area contributed by atoms with Gasteiger partial charge < -0.3 is 19.5 Å². The van der Waals surface area contributed by atoms with Gasteiger partial charge in [0.1, 0.15) is 11.6 Å². The third kappa shape index (κ3) is 4.61. The van der Waals surface area contributed by atoms with Crippen LogP contribution in [0.25, 0.3) is 32.9 Å². The number of nitrogens with zero attached hydrogens (tertiary/aromatic N) is 5. The van der Waals surface area contributed by atoms with Gasteiger partial charge in [-0.15, -0.1) is 0 Å². The number of piperidine rings is 1. The minimum Gasteiger partial charge on any atom is -0.472 e. The molecule has 7 aliphatic rings. The highest BCUT2D eigenvalue weighted by Gasteiger charge is 2.56. The van der Waals surface area contributed by atoms with E-state index in [9.17, 15) is 10.1 Å². The molecule has 1 amide bonds. The average Bonchev–Trinajstić information content (AvgIpc) is 3.70. The molecule has 1 N–H and O–H groups in total. The lowest BCUT2D eigenvalue weighted by Gasteiger charge is -2.39. The summed E-state index contributed by atoms with van der Waals surface area (Å²) in [5, 5.41) is 15.6. The first kappa shape index (κ1) is 31.7. The monoisotopic (exact) mass is 686 g/mol. The zero-order chi connectivity index (χ0) is 34.9. The first-order valence-electron chi connectivity index (χ1n) is 19.3. The number of amides is 1. The number of nitrogens with one attached hydrogen (secondary N) is 1. The third-order valence-corrected chi connectivity index (χ3v) is 13.7. The van der Waals surface area contributed by atoms with Crippen LogP contribution in [-0.4, -0.2) is 69.6 Å². The van der Waals surface area contributed by atoms with Crippen LogP contribution in [0.1, 0.15) is 99.2 Å². The Labute approximate surface area is 298 Å². The molecule has 51 heavy (non-hydrogen) atoms. The molecule has 6 fully saturated rings. The lowest BCUT2D eigenvalue weighted by Crippen LogP contribution is -2.41. The van der Waals surface area contributed by atoms with E-state index in [1.165, 1.54) is 0 Å². The quantitative estimate of drug-likeness (QED) is 0.229. The second-order valence-electron chi connectivity index (χ2n) is 16.6. The largest absolute Gasteiger partial charge is 0.472 e. The van der Waals surface area contributed by atoms with E-state index in [4.69, 9.17) is 9.72 Å². The van der Waals surface area contributed by atoms with Crippen molar-refractivity contribution >= 4 is 27.7 Å². The topological polar surface area (TPSA) is 86.4 Å². The third-order valence-electron chi connectivity index (χ3n) is 13.7. The number of benzene rings is 2. The number of fused-ring (bicyclic) bond motifs is 6. The first-order valence-corrected chi connectivity index (χ1v) is 19.3. The lowest BCUT2D eigenvalue weighted by atomic mass is 9.78. The second kappa shape index (κ2) is 11.5. The highest BCUT2D eigenvalue weighted by atomic mass is 19.1. The number of carbonyl (C=O) groups excluding carboxylic acids is 1. The van der Waals surface area contributed by atoms with E-state index < -0.39 is 0 Å². The number of likely N-dealkylation sites (N-methyl/N-ethyl adjacent to an activating group) is 1. The highest BCUT2D eigenvalue weighted by molar-refractivity contribution is 6.09. The van der Waals surface area contributed by atoms with Gasteiger partial charge in [-0.25, -0.2) is 9.37 Å². The van der Waals surface area contributed by atoms with Crippen molar-refractivity contribution in [1.29, 1.82) is 5.26 Å². The summed E-state index contributed by atoms with van der Waals surface area (Å²) in [5.41, 5.74) is 6.71. The summed E-state index contributed by atoms with van der Waals surface area (Å²) in [6.07, 6.45) is 7.85. The van der Waals surface area contributed by atoms with Crippen molar-refractivity contribution in [3.63, 3.8) is 0 Å². The number of hydrogen-bond acceptors (Lipinski definition) is 6. The number of pyridine rings is 1. The van der Waals surface area contributed by atoms with Crippen molar-refractivity contribution in [2.45, 2.75) is 114 Å². The van der Waals surface area contributed by atoms with Gasteiger partial charge in [-0.1, -0.05) is 18.2 Å². The van der Waals surface area contributed by atoms with Crippen LogP contribution in [0, 0.1) is 35.9 Å². The van der Waals surface area contributed by atoms with Crippen molar-refractivity contribution in [2.24, 2.45) is 11.8 Å². The predicted molar refractivity (Wildman–Crippen MR) is 195 cm³/mol. The number of aryl methyl sites for hydroxylation is 2. The molecule has 4 saturated heterocycles. The molecule has 0 spiro atoms. The summed E-state index contributed by atoms with van der Waals surface area (Å²) in [5.74, 6) is 1.01. The number of hydrogen-bond donors (Lipinski definition) is 1. The molecule has 9 unspecified atom stereocenters. The molecule has 3 aliphatic carbocycles. The van der Waals surface area contributed by atoms with Gasteiger partial charge in [0.2, 0.25) is 11.8 Å². The fourth-order valence-electron chi connectivity index (χ4n) is 11.2. The summed E-state index contributed by atoms with van der Waals surface area (Å²) >= 11 is 0. The van der Waals surface area contributed by atoms with Gasteiger partial charge in [-0.05, 0) is 125 Å². The Hall–Kier alpha value is -4.00. The van der Waals surface area contributed by atoms with Gasteiger partial charge >= 0.3 is 0 Å². The van der Waals surface area contributed by atoms with Crippen LogP contribution in [0.4, 0.5) is 4.39 Å². The van der Waals surface area contributed by atoms with Gasteiger partial charge in [0.05, 0.1) is 35.0 Å². The molecule has 2 bridgehead atoms.